The number of alkyl halides is 2. The lowest BCUT2D eigenvalue weighted by Gasteiger charge is -2.42. The smallest absolute Gasteiger partial charge is 0.429 e. The van der Waals surface area contributed by atoms with E-state index in [4.69, 9.17) is 10.5 Å². The maximum absolute atomic E-state index is 13.8. The van der Waals surface area contributed by atoms with Crippen molar-refractivity contribution in [3.05, 3.63) is 17.5 Å². The number of rotatable bonds is 2. The lowest BCUT2D eigenvalue weighted by Crippen LogP contribution is -2.63. The topological polar surface area (TPSA) is 126 Å². The molecule has 2 heterocycles. The van der Waals surface area contributed by atoms with Gasteiger partial charge in [-0.2, -0.15) is 8.78 Å². The zero-order valence-corrected chi connectivity index (χ0v) is 9.42. The predicted octanol–water partition coefficient (Wildman–Crippen LogP) is -0.771. The lowest BCUT2D eigenvalue weighted by atomic mass is 10.1. The molecule has 4 N–H and O–H groups in total. The lowest BCUT2D eigenvalue weighted by molar-refractivity contribution is -0.815. The Labute approximate surface area is 105 Å². The fraction of sp³-hybridized carbons (Fsp3) is 0.556. The monoisotopic (exact) mass is 279 g/mol. The van der Waals surface area contributed by atoms with Crippen molar-refractivity contribution in [2.75, 3.05) is 6.61 Å². The van der Waals surface area contributed by atoms with Crippen molar-refractivity contribution in [1.29, 1.82) is 5.41 Å². The molecule has 0 saturated carbocycles. The van der Waals surface area contributed by atoms with Crippen LogP contribution in [0.1, 0.15) is 0 Å². The Morgan fingerprint density at radius 1 is 1.63 bits per heavy atom. The Morgan fingerprint density at radius 2 is 2.26 bits per heavy atom. The molecule has 0 bridgehead atoms. The minimum Gasteiger partial charge on any atom is -0.617 e. The SMILES string of the molecule is N=C1C=C[N@+]([O-])([C@@H]2O[C@H](CO)[C@@H](O)C2(F)F)C(=O)N1. The number of ether oxygens (including phenoxy) is 1. The van der Waals surface area contributed by atoms with Gasteiger partial charge in [-0.3, -0.25) is 10.7 Å². The molecule has 2 rings (SSSR count). The minimum absolute atomic E-state index is 0.421. The predicted molar refractivity (Wildman–Crippen MR) is 55.7 cm³/mol. The fourth-order valence-corrected chi connectivity index (χ4v) is 1.90. The van der Waals surface area contributed by atoms with Crippen LogP contribution in [0.2, 0.25) is 0 Å². The summed E-state index contributed by atoms with van der Waals surface area (Å²) < 4.78 is 29.9. The molecule has 0 aromatic carbocycles. The normalized spacial score (nSPS) is 41.4. The molecule has 4 atom stereocenters. The number of aliphatic hydroxyl groups is 2. The summed E-state index contributed by atoms with van der Waals surface area (Å²) in [4.78, 5) is 11.5. The molecule has 1 saturated heterocycles. The van der Waals surface area contributed by atoms with Gasteiger partial charge in [0.25, 0.3) is 6.23 Å². The average Bonchev–Trinajstić information content (AvgIpc) is 2.57. The number of halogens is 2. The summed E-state index contributed by atoms with van der Waals surface area (Å²) in [6.45, 7) is -0.922. The molecule has 2 aliphatic rings. The molecule has 2 amide bonds. The van der Waals surface area contributed by atoms with E-state index < -0.39 is 47.5 Å². The number of amides is 2. The number of carbonyl (C=O) groups is 1. The Kier molecular flexibility index (Phi) is 3.15. The summed E-state index contributed by atoms with van der Waals surface area (Å²) in [5.41, 5.74) is 0. The molecule has 8 nitrogen and oxygen atoms in total. The summed E-state index contributed by atoms with van der Waals surface area (Å²) in [6, 6.07) is -1.43. The van der Waals surface area contributed by atoms with Crippen molar-refractivity contribution < 1.29 is 33.2 Å². The number of nitrogens with zero attached hydrogens (tertiary/aromatic N) is 1. The fourth-order valence-electron chi connectivity index (χ4n) is 1.90. The Balaban J connectivity index is 2.38. The molecule has 2 aliphatic heterocycles. The molecule has 106 valence electrons. The third-order valence-corrected chi connectivity index (χ3v) is 2.93. The molecule has 0 radical (unpaired) electrons. The molecule has 0 unspecified atom stereocenters. The van der Waals surface area contributed by atoms with E-state index in [1.54, 1.807) is 5.32 Å². The van der Waals surface area contributed by atoms with Gasteiger partial charge in [-0.05, 0) is 0 Å². The van der Waals surface area contributed by atoms with Crippen molar-refractivity contribution in [1.82, 2.24) is 5.32 Å². The molecule has 0 spiro atoms. The van der Waals surface area contributed by atoms with Crippen molar-refractivity contribution in [3.63, 3.8) is 0 Å². The Hall–Kier alpha value is -1.46. The number of amidine groups is 1. The van der Waals surface area contributed by atoms with E-state index in [1.165, 1.54) is 0 Å². The molecule has 10 heteroatoms. The number of hydrogen-bond acceptors (Lipinski definition) is 6. The second-order valence-electron chi connectivity index (χ2n) is 4.20. The quantitative estimate of drug-likeness (QED) is 0.390. The van der Waals surface area contributed by atoms with E-state index >= 15 is 0 Å². The number of quaternary nitrogens is 1. The van der Waals surface area contributed by atoms with E-state index in [2.05, 4.69) is 4.74 Å². The summed E-state index contributed by atoms with van der Waals surface area (Å²) in [5.74, 6) is -4.44. The first kappa shape index (κ1) is 14.0. The van der Waals surface area contributed by atoms with Crippen LogP contribution in [0.15, 0.2) is 12.3 Å². The number of urea groups is 1. The molecule has 1 fully saturated rings. The summed E-state index contributed by atoms with van der Waals surface area (Å²) in [7, 11) is 0. The summed E-state index contributed by atoms with van der Waals surface area (Å²) in [6.07, 6.45) is -5.21. The molecule has 0 aliphatic carbocycles. The Bertz CT molecular complexity index is 457. The van der Waals surface area contributed by atoms with Crippen LogP contribution in [0.25, 0.3) is 0 Å². The van der Waals surface area contributed by atoms with Gasteiger partial charge >= 0.3 is 12.0 Å². The van der Waals surface area contributed by atoms with Gasteiger partial charge in [-0.25, -0.2) is 9.44 Å². The number of nitrogens with one attached hydrogen (secondary N) is 2. The maximum Gasteiger partial charge on any atom is 0.429 e. The number of hydroxylamine groups is 3. The van der Waals surface area contributed by atoms with Crippen LogP contribution in [0.5, 0.6) is 0 Å². The number of aliphatic hydroxyl groups excluding tert-OH is 2. The largest absolute Gasteiger partial charge is 0.617 e. The standard InChI is InChI=1S/C9H11F2N3O5/c10-9(11)6(16)4(3-15)19-7(9)14(18)2-1-5(12)13-8(14)17/h1-2,4,6-7,15-16H,3H2,(H2,12,13,17)/t4-,6-,7-,14+/m1/s1. The van der Waals surface area contributed by atoms with Gasteiger partial charge in [0.1, 0.15) is 18.1 Å². The average molecular weight is 279 g/mol. The maximum atomic E-state index is 13.8. The van der Waals surface area contributed by atoms with Gasteiger partial charge in [0.15, 0.2) is 6.10 Å². The van der Waals surface area contributed by atoms with Crippen molar-refractivity contribution >= 4 is 11.9 Å². The highest BCUT2D eigenvalue weighted by Gasteiger charge is 2.66. The van der Waals surface area contributed by atoms with Crippen LogP contribution in [-0.4, -0.2) is 57.7 Å². The number of hydrogen-bond donors (Lipinski definition) is 4. The first-order chi connectivity index (χ1) is 8.73. The van der Waals surface area contributed by atoms with Crippen molar-refractivity contribution in [2.24, 2.45) is 0 Å². The van der Waals surface area contributed by atoms with Gasteiger partial charge in [0, 0.05) is 6.08 Å². The van der Waals surface area contributed by atoms with Crippen LogP contribution in [0.3, 0.4) is 0 Å². The second kappa shape index (κ2) is 4.28. The van der Waals surface area contributed by atoms with Gasteiger partial charge in [-0.1, -0.05) is 0 Å². The third-order valence-electron chi connectivity index (χ3n) is 2.93. The van der Waals surface area contributed by atoms with E-state index in [1.807, 2.05) is 0 Å². The van der Waals surface area contributed by atoms with Gasteiger partial charge in [-0.15, -0.1) is 0 Å². The van der Waals surface area contributed by atoms with Crippen molar-refractivity contribution in [3.8, 4) is 0 Å². The number of carbonyl (C=O) groups excluding carboxylic acids is 1. The van der Waals surface area contributed by atoms with Crippen LogP contribution in [0.4, 0.5) is 13.6 Å². The van der Waals surface area contributed by atoms with Crippen LogP contribution >= 0.6 is 0 Å². The van der Waals surface area contributed by atoms with E-state index in [0.717, 1.165) is 6.08 Å². The minimum atomic E-state index is -4.02. The third kappa shape index (κ3) is 1.93. The zero-order valence-electron chi connectivity index (χ0n) is 9.42. The van der Waals surface area contributed by atoms with Gasteiger partial charge < -0.3 is 20.2 Å². The van der Waals surface area contributed by atoms with Crippen LogP contribution in [0, 0.1) is 10.6 Å². The molecule has 0 aromatic heterocycles. The highest BCUT2D eigenvalue weighted by molar-refractivity contribution is 6.02. The molecule has 0 aromatic rings. The molecular weight excluding hydrogens is 268 g/mol. The second-order valence-corrected chi connectivity index (χ2v) is 4.20. The first-order valence-electron chi connectivity index (χ1n) is 5.24. The van der Waals surface area contributed by atoms with E-state index in [0.29, 0.717) is 6.20 Å². The van der Waals surface area contributed by atoms with Gasteiger partial charge in [0.2, 0.25) is 0 Å². The highest BCUT2D eigenvalue weighted by Crippen LogP contribution is 2.41. The van der Waals surface area contributed by atoms with Crippen LogP contribution in [-0.2, 0) is 4.74 Å². The zero-order chi connectivity index (χ0) is 14.4. The molecule has 19 heavy (non-hydrogen) atoms. The van der Waals surface area contributed by atoms with Crippen LogP contribution < -0.4 is 5.32 Å². The summed E-state index contributed by atoms with van der Waals surface area (Å²) in [5, 5.41) is 39.1. The highest BCUT2D eigenvalue weighted by atomic mass is 19.3. The van der Waals surface area contributed by atoms with E-state index in [9.17, 15) is 23.9 Å². The summed E-state index contributed by atoms with van der Waals surface area (Å²) >= 11 is 0. The van der Waals surface area contributed by atoms with E-state index in [-0.39, 0.29) is 0 Å². The molecular formula is C9H11F2N3O5. The van der Waals surface area contributed by atoms with Crippen molar-refractivity contribution in [2.45, 2.75) is 24.4 Å². The first-order valence-corrected chi connectivity index (χ1v) is 5.24. The Morgan fingerprint density at radius 3 is 2.74 bits per heavy atom. The van der Waals surface area contributed by atoms with Gasteiger partial charge in [0.05, 0.1) is 6.61 Å².